The second-order valence-electron chi connectivity index (χ2n) is 4.95. The number of aromatic nitrogens is 2. The lowest BCUT2D eigenvalue weighted by atomic mass is 10.0. The van der Waals surface area contributed by atoms with Crippen molar-refractivity contribution >= 4 is 22.6 Å². The van der Waals surface area contributed by atoms with Crippen molar-refractivity contribution in [2.24, 2.45) is 5.73 Å². The summed E-state index contributed by atoms with van der Waals surface area (Å²) in [4.78, 5) is 14.8. The maximum atomic E-state index is 11.6. The van der Waals surface area contributed by atoms with Crippen LogP contribution >= 0.6 is 0 Å². The molecule has 0 bridgehead atoms. The van der Waals surface area contributed by atoms with Crippen LogP contribution in [0.2, 0.25) is 0 Å². The Bertz CT molecular complexity index is 825. The number of carbonyl (C=O) groups excluding carboxylic acids is 1. The number of carbonyl (C=O) groups is 1. The second kappa shape index (κ2) is 4.66. The zero-order chi connectivity index (χ0) is 15.1. The molecule has 1 aromatic carbocycles. The Balaban J connectivity index is 2.25. The van der Waals surface area contributed by atoms with E-state index < -0.39 is 5.91 Å². The van der Waals surface area contributed by atoms with Gasteiger partial charge in [-0.15, -0.1) is 0 Å². The van der Waals surface area contributed by atoms with E-state index in [1.807, 2.05) is 32.0 Å². The Morgan fingerprint density at radius 1 is 1.38 bits per heavy atom. The van der Waals surface area contributed by atoms with Crippen molar-refractivity contribution < 1.29 is 9.32 Å². The van der Waals surface area contributed by atoms with Crippen LogP contribution in [0.25, 0.3) is 22.0 Å². The third-order valence-corrected chi connectivity index (χ3v) is 3.62. The number of nitrogens with zero attached hydrogens (tertiary/aromatic N) is 1. The standard InChI is InChI=1S/C15H16N4O2/c1-7-12(8(2)21-19-7)9-4-5-10-11(6-9)18-15(17-3)13(10)14(16)20/h4-6,17-18H,1-3H3,(H2,16,20). The lowest BCUT2D eigenvalue weighted by Gasteiger charge is -2.01. The van der Waals surface area contributed by atoms with Crippen molar-refractivity contribution in [3.8, 4) is 11.1 Å². The highest BCUT2D eigenvalue weighted by atomic mass is 16.5. The molecule has 0 spiro atoms. The first-order chi connectivity index (χ1) is 10.0. The van der Waals surface area contributed by atoms with Gasteiger partial charge in [-0.05, 0) is 25.5 Å². The number of benzene rings is 1. The molecule has 0 saturated heterocycles. The number of aryl methyl sites for hydroxylation is 2. The number of hydrogen-bond acceptors (Lipinski definition) is 4. The molecule has 6 heteroatoms. The van der Waals surface area contributed by atoms with E-state index in [-0.39, 0.29) is 0 Å². The quantitative estimate of drug-likeness (QED) is 0.688. The van der Waals surface area contributed by atoms with Gasteiger partial charge in [-0.2, -0.15) is 0 Å². The lowest BCUT2D eigenvalue weighted by Crippen LogP contribution is -2.12. The van der Waals surface area contributed by atoms with Crippen molar-refractivity contribution in [3.63, 3.8) is 0 Å². The van der Waals surface area contributed by atoms with Crippen molar-refractivity contribution in [2.45, 2.75) is 13.8 Å². The van der Waals surface area contributed by atoms with Gasteiger partial charge >= 0.3 is 0 Å². The molecule has 3 rings (SSSR count). The van der Waals surface area contributed by atoms with E-state index >= 15 is 0 Å². The minimum Gasteiger partial charge on any atom is -0.374 e. The molecule has 2 aromatic heterocycles. The van der Waals surface area contributed by atoms with Crippen molar-refractivity contribution in [1.29, 1.82) is 0 Å². The van der Waals surface area contributed by atoms with Crippen LogP contribution in [0.3, 0.4) is 0 Å². The number of nitrogens with two attached hydrogens (primary N) is 1. The van der Waals surface area contributed by atoms with Crippen LogP contribution in [-0.4, -0.2) is 23.1 Å². The summed E-state index contributed by atoms with van der Waals surface area (Å²) >= 11 is 0. The van der Waals surface area contributed by atoms with Gasteiger partial charge in [0, 0.05) is 23.5 Å². The molecule has 0 radical (unpaired) electrons. The smallest absolute Gasteiger partial charge is 0.253 e. The Morgan fingerprint density at radius 2 is 2.14 bits per heavy atom. The summed E-state index contributed by atoms with van der Waals surface area (Å²) in [6.07, 6.45) is 0. The van der Waals surface area contributed by atoms with Gasteiger partial charge in [0.1, 0.15) is 11.6 Å². The first kappa shape index (κ1) is 13.2. The Hall–Kier alpha value is -2.76. The third kappa shape index (κ3) is 1.96. The molecule has 108 valence electrons. The van der Waals surface area contributed by atoms with Crippen molar-refractivity contribution in [3.05, 3.63) is 35.2 Å². The molecule has 0 saturated carbocycles. The molecule has 3 aromatic rings. The molecule has 2 heterocycles. The Labute approximate surface area is 121 Å². The maximum Gasteiger partial charge on any atom is 0.253 e. The topological polar surface area (TPSA) is 96.9 Å². The average molecular weight is 284 g/mol. The zero-order valence-electron chi connectivity index (χ0n) is 12.1. The molecule has 0 fully saturated rings. The molecule has 1 amide bonds. The molecular formula is C15H16N4O2. The van der Waals surface area contributed by atoms with Crippen LogP contribution in [0.15, 0.2) is 22.7 Å². The van der Waals surface area contributed by atoms with E-state index in [1.165, 1.54) is 0 Å². The Morgan fingerprint density at radius 3 is 2.71 bits per heavy atom. The Kier molecular flexibility index (Phi) is 2.94. The van der Waals surface area contributed by atoms with Crippen LogP contribution < -0.4 is 11.1 Å². The van der Waals surface area contributed by atoms with Crippen LogP contribution in [-0.2, 0) is 0 Å². The van der Waals surface area contributed by atoms with E-state index in [4.69, 9.17) is 10.3 Å². The molecule has 0 aliphatic rings. The zero-order valence-corrected chi connectivity index (χ0v) is 12.1. The van der Waals surface area contributed by atoms with Crippen molar-refractivity contribution in [1.82, 2.24) is 10.1 Å². The highest BCUT2D eigenvalue weighted by molar-refractivity contribution is 6.11. The van der Waals surface area contributed by atoms with Gasteiger partial charge < -0.3 is 20.6 Å². The van der Waals surface area contributed by atoms with Gasteiger partial charge in [0.25, 0.3) is 5.91 Å². The molecule has 6 nitrogen and oxygen atoms in total. The number of primary amides is 1. The SMILES string of the molecule is CNc1[nH]c2cc(-c3c(C)noc3C)ccc2c1C(N)=O. The van der Waals surface area contributed by atoms with E-state index in [2.05, 4.69) is 15.5 Å². The largest absolute Gasteiger partial charge is 0.374 e. The summed E-state index contributed by atoms with van der Waals surface area (Å²) in [6.45, 7) is 3.78. The summed E-state index contributed by atoms with van der Waals surface area (Å²) in [7, 11) is 1.74. The predicted octanol–water partition coefficient (Wildman–Crippen LogP) is 2.58. The molecule has 0 unspecified atom stereocenters. The van der Waals surface area contributed by atoms with Gasteiger partial charge in [-0.3, -0.25) is 4.79 Å². The van der Waals surface area contributed by atoms with E-state index in [0.29, 0.717) is 11.4 Å². The van der Waals surface area contributed by atoms with E-state index in [0.717, 1.165) is 33.5 Å². The fourth-order valence-electron chi connectivity index (χ4n) is 2.69. The van der Waals surface area contributed by atoms with Gasteiger partial charge in [0.2, 0.25) is 0 Å². The highest BCUT2D eigenvalue weighted by Gasteiger charge is 2.17. The van der Waals surface area contributed by atoms with Crippen LogP contribution in [0.5, 0.6) is 0 Å². The summed E-state index contributed by atoms with van der Waals surface area (Å²) < 4.78 is 5.20. The average Bonchev–Trinajstić information content (AvgIpc) is 2.98. The maximum absolute atomic E-state index is 11.6. The van der Waals surface area contributed by atoms with E-state index in [1.54, 1.807) is 7.05 Å². The molecule has 0 atom stereocenters. The third-order valence-electron chi connectivity index (χ3n) is 3.62. The number of anilines is 1. The lowest BCUT2D eigenvalue weighted by molar-refractivity contribution is 0.100. The molecule has 4 N–H and O–H groups in total. The fraction of sp³-hybridized carbons (Fsp3) is 0.200. The number of aromatic amines is 1. The number of nitrogens with one attached hydrogen (secondary N) is 2. The number of rotatable bonds is 3. The predicted molar refractivity (Wildman–Crippen MR) is 81.3 cm³/mol. The molecule has 0 aliphatic carbocycles. The summed E-state index contributed by atoms with van der Waals surface area (Å²) in [5.41, 5.74) is 9.56. The van der Waals surface area contributed by atoms with Gasteiger partial charge in [0.05, 0.1) is 11.3 Å². The normalized spacial score (nSPS) is 11.0. The first-order valence-electron chi connectivity index (χ1n) is 6.59. The first-order valence-corrected chi connectivity index (χ1v) is 6.59. The van der Waals surface area contributed by atoms with Crippen LogP contribution in [0, 0.1) is 13.8 Å². The number of amides is 1. The van der Waals surface area contributed by atoms with Crippen LogP contribution in [0.4, 0.5) is 5.82 Å². The highest BCUT2D eigenvalue weighted by Crippen LogP contribution is 2.32. The summed E-state index contributed by atoms with van der Waals surface area (Å²) in [5, 5.41) is 7.72. The summed E-state index contributed by atoms with van der Waals surface area (Å²) in [6, 6.07) is 5.79. The molecular weight excluding hydrogens is 268 g/mol. The minimum atomic E-state index is -0.462. The summed E-state index contributed by atoms with van der Waals surface area (Å²) in [5.74, 6) is 0.923. The monoisotopic (exact) mass is 284 g/mol. The molecule has 21 heavy (non-hydrogen) atoms. The molecule has 0 aliphatic heterocycles. The minimum absolute atomic E-state index is 0.462. The van der Waals surface area contributed by atoms with Gasteiger partial charge in [-0.1, -0.05) is 17.3 Å². The van der Waals surface area contributed by atoms with Gasteiger partial charge in [0.15, 0.2) is 0 Å². The van der Waals surface area contributed by atoms with Crippen molar-refractivity contribution in [2.75, 3.05) is 12.4 Å². The second-order valence-corrected chi connectivity index (χ2v) is 4.95. The van der Waals surface area contributed by atoms with Crippen LogP contribution in [0.1, 0.15) is 21.8 Å². The number of H-pyrrole nitrogens is 1. The number of hydrogen-bond donors (Lipinski definition) is 3. The fourth-order valence-corrected chi connectivity index (χ4v) is 2.69. The number of fused-ring (bicyclic) bond motifs is 1. The van der Waals surface area contributed by atoms with Gasteiger partial charge in [-0.25, -0.2) is 0 Å². The van der Waals surface area contributed by atoms with E-state index in [9.17, 15) is 4.79 Å².